The number of carboxylic acid groups (broad SMARTS) is 1. The molecule has 0 radical (unpaired) electrons. The second kappa shape index (κ2) is 3.80. The standard InChI is InChI=1S/C11H13NO2/c13-11(14)10-6-7-12(10)8-9-4-2-1-3-5-9/h1-5,10H,6-8H2,(H,13,14). The summed E-state index contributed by atoms with van der Waals surface area (Å²) in [5.74, 6) is -0.702. The summed E-state index contributed by atoms with van der Waals surface area (Å²) in [6, 6.07) is 9.70. The van der Waals surface area contributed by atoms with Gasteiger partial charge in [-0.2, -0.15) is 0 Å². The zero-order chi connectivity index (χ0) is 9.97. The van der Waals surface area contributed by atoms with Gasteiger partial charge in [-0.25, -0.2) is 0 Å². The van der Waals surface area contributed by atoms with Crippen LogP contribution in [0, 0.1) is 0 Å². The Kier molecular flexibility index (Phi) is 2.50. The van der Waals surface area contributed by atoms with Gasteiger partial charge < -0.3 is 5.11 Å². The zero-order valence-electron chi connectivity index (χ0n) is 7.89. The smallest absolute Gasteiger partial charge is 0.320 e. The summed E-state index contributed by atoms with van der Waals surface area (Å²) in [5.41, 5.74) is 1.18. The van der Waals surface area contributed by atoms with Crippen LogP contribution >= 0.6 is 0 Å². The van der Waals surface area contributed by atoms with Crippen LogP contribution in [0.5, 0.6) is 0 Å². The summed E-state index contributed by atoms with van der Waals surface area (Å²) < 4.78 is 0. The molecule has 3 heteroatoms. The summed E-state index contributed by atoms with van der Waals surface area (Å²) in [7, 11) is 0. The highest BCUT2D eigenvalue weighted by Gasteiger charge is 2.33. The average molecular weight is 191 g/mol. The fourth-order valence-corrected chi connectivity index (χ4v) is 1.73. The third-order valence-corrected chi connectivity index (χ3v) is 2.64. The van der Waals surface area contributed by atoms with E-state index in [4.69, 9.17) is 5.11 Å². The van der Waals surface area contributed by atoms with Gasteiger partial charge in [0.25, 0.3) is 0 Å². The van der Waals surface area contributed by atoms with E-state index in [1.165, 1.54) is 5.56 Å². The Morgan fingerprint density at radius 2 is 2.14 bits per heavy atom. The Morgan fingerprint density at radius 3 is 2.64 bits per heavy atom. The molecule has 1 saturated heterocycles. The average Bonchev–Trinajstić information content (AvgIpc) is 2.13. The molecule has 1 aliphatic rings. The van der Waals surface area contributed by atoms with Gasteiger partial charge in [0.05, 0.1) is 0 Å². The van der Waals surface area contributed by atoms with Crippen LogP contribution in [0.2, 0.25) is 0 Å². The van der Waals surface area contributed by atoms with Crippen molar-refractivity contribution in [3.63, 3.8) is 0 Å². The van der Waals surface area contributed by atoms with Crippen molar-refractivity contribution < 1.29 is 9.90 Å². The molecular weight excluding hydrogens is 178 g/mol. The first kappa shape index (κ1) is 9.21. The summed E-state index contributed by atoms with van der Waals surface area (Å²) in [6.45, 7) is 1.64. The van der Waals surface area contributed by atoms with Crippen molar-refractivity contribution in [3.05, 3.63) is 35.9 Å². The zero-order valence-corrected chi connectivity index (χ0v) is 7.89. The Hall–Kier alpha value is -1.35. The van der Waals surface area contributed by atoms with Gasteiger partial charge >= 0.3 is 5.97 Å². The molecule has 0 spiro atoms. The molecular formula is C11H13NO2. The van der Waals surface area contributed by atoms with Crippen molar-refractivity contribution in [1.29, 1.82) is 0 Å². The van der Waals surface area contributed by atoms with Crippen LogP contribution in [0.1, 0.15) is 12.0 Å². The number of rotatable bonds is 3. The summed E-state index contributed by atoms with van der Waals surface area (Å²) in [5, 5.41) is 8.84. The molecule has 74 valence electrons. The molecule has 3 nitrogen and oxygen atoms in total. The van der Waals surface area contributed by atoms with Crippen molar-refractivity contribution in [2.24, 2.45) is 0 Å². The second-order valence-electron chi connectivity index (χ2n) is 3.60. The van der Waals surface area contributed by atoms with Gasteiger partial charge in [-0.1, -0.05) is 30.3 Å². The van der Waals surface area contributed by atoms with Gasteiger partial charge in [-0.15, -0.1) is 0 Å². The lowest BCUT2D eigenvalue weighted by Crippen LogP contribution is -2.51. The predicted octanol–water partition coefficient (Wildman–Crippen LogP) is 1.35. The van der Waals surface area contributed by atoms with E-state index in [0.717, 1.165) is 19.5 Å². The first-order valence-electron chi connectivity index (χ1n) is 4.78. The fraction of sp³-hybridized carbons (Fsp3) is 0.364. The molecule has 0 aliphatic carbocycles. The number of nitrogens with zero attached hydrogens (tertiary/aromatic N) is 1. The van der Waals surface area contributed by atoms with Gasteiger partial charge in [0.15, 0.2) is 0 Å². The molecule has 0 amide bonds. The minimum atomic E-state index is -0.702. The van der Waals surface area contributed by atoms with E-state index in [0.29, 0.717) is 0 Å². The molecule has 1 aliphatic heterocycles. The van der Waals surface area contributed by atoms with Gasteiger partial charge in [-0.05, 0) is 12.0 Å². The highest BCUT2D eigenvalue weighted by atomic mass is 16.4. The van der Waals surface area contributed by atoms with E-state index in [9.17, 15) is 4.79 Å². The topological polar surface area (TPSA) is 40.5 Å². The maximum absolute atomic E-state index is 10.7. The lowest BCUT2D eigenvalue weighted by molar-refractivity contribution is -0.148. The summed E-state index contributed by atoms with van der Waals surface area (Å²) in [4.78, 5) is 12.7. The quantitative estimate of drug-likeness (QED) is 0.784. The van der Waals surface area contributed by atoms with E-state index < -0.39 is 5.97 Å². The van der Waals surface area contributed by atoms with Gasteiger partial charge in [0.2, 0.25) is 0 Å². The first-order valence-corrected chi connectivity index (χ1v) is 4.78. The molecule has 1 heterocycles. The van der Waals surface area contributed by atoms with Crippen molar-refractivity contribution in [1.82, 2.24) is 4.90 Å². The number of hydrogen-bond acceptors (Lipinski definition) is 2. The van der Waals surface area contributed by atoms with E-state index in [1.54, 1.807) is 0 Å². The molecule has 0 saturated carbocycles. The molecule has 1 N–H and O–H groups in total. The number of hydrogen-bond donors (Lipinski definition) is 1. The normalized spacial score (nSPS) is 21.6. The van der Waals surface area contributed by atoms with Crippen LogP contribution in [0.3, 0.4) is 0 Å². The van der Waals surface area contributed by atoms with Gasteiger partial charge in [0, 0.05) is 13.1 Å². The molecule has 2 rings (SSSR count). The molecule has 0 aromatic heterocycles. The molecule has 1 aromatic carbocycles. The van der Waals surface area contributed by atoms with Crippen molar-refractivity contribution in [2.75, 3.05) is 6.54 Å². The Labute approximate surface area is 83.0 Å². The lowest BCUT2D eigenvalue weighted by atomic mass is 10.0. The van der Waals surface area contributed by atoms with Gasteiger partial charge in [-0.3, -0.25) is 9.69 Å². The largest absolute Gasteiger partial charge is 0.480 e. The lowest BCUT2D eigenvalue weighted by Gasteiger charge is -2.37. The van der Waals surface area contributed by atoms with E-state index >= 15 is 0 Å². The maximum Gasteiger partial charge on any atom is 0.320 e. The minimum absolute atomic E-state index is 0.268. The van der Waals surface area contributed by atoms with Crippen LogP contribution in [-0.4, -0.2) is 28.6 Å². The first-order chi connectivity index (χ1) is 6.77. The molecule has 1 fully saturated rings. The molecule has 1 unspecified atom stereocenters. The van der Waals surface area contributed by atoms with E-state index in [2.05, 4.69) is 0 Å². The van der Waals surface area contributed by atoms with Crippen LogP contribution in [0.4, 0.5) is 0 Å². The van der Waals surface area contributed by atoms with Crippen LogP contribution in [-0.2, 0) is 11.3 Å². The van der Waals surface area contributed by atoms with Crippen LogP contribution < -0.4 is 0 Å². The number of benzene rings is 1. The third kappa shape index (κ3) is 1.77. The maximum atomic E-state index is 10.7. The number of carbonyl (C=O) groups is 1. The van der Waals surface area contributed by atoms with Crippen LogP contribution in [0.25, 0.3) is 0 Å². The highest BCUT2D eigenvalue weighted by Crippen LogP contribution is 2.20. The van der Waals surface area contributed by atoms with Gasteiger partial charge in [0.1, 0.15) is 6.04 Å². The highest BCUT2D eigenvalue weighted by molar-refractivity contribution is 5.74. The molecule has 0 bridgehead atoms. The SMILES string of the molecule is O=C(O)C1CCN1Cc1ccccc1. The third-order valence-electron chi connectivity index (χ3n) is 2.64. The fourth-order valence-electron chi connectivity index (χ4n) is 1.73. The Balaban J connectivity index is 1.96. The van der Waals surface area contributed by atoms with Crippen molar-refractivity contribution in [3.8, 4) is 0 Å². The second-order valence-corrected chi connectivity index (χ2v) is 3.60. The summed E-state index contributed by atoms with van der Waals surface area (Å²) >= 11 is 0. The molecule has 1 atom stereocenters. The predicted molar refractivity (Wildman–Crippen MR) is 52.9 cm³/mol. The van der Waals surface area contributed by atoms with E-state index in [1.807, 2.05) is 35.2 Å². The van der Waals surface area contributed by atoms with Crippen molar-refractivity contribution in [2.45, 2.75) is 19.0 Å². The summed E-state index contributed by atoms with van der Waals surface area (Å²) in [6.07, 6.45) is 0.780. The monoisotopic (exact) mass is 191 g/mol. The Morgan fingerprint density at radius 1 is 1.43 bits per heavy atom. The van der Waals surface area contributed by atoms with Crippen LogP contribution in [0.15, 0.2) is 30.3 Å². The molecule has 14 heavy (non-hydrogen) atoms. The number of likely N-dealkylation sites (tertiary alicyclic amines) is 1. The number of carboxylic acids is 1. The Bertz CT molecular complexity index is 323. The minimum Gasteiger partial charge on any atom is -0.480 e. The molecule has 1 aromatic rings. The van der Waals surface area contributed by atoms with Crippen molar-refractivity contribution >= 4 is 5.97 Å². The number of aliphatic carboxylic acids is 1. The van der Waals surface area contributed by atoms with E-state index in [-0.39, 0.29) is 6.04 Å².